The van der Waals surface area contributed by atoms with E-state index in [1.807, 2.05) is 0 Å². The number of carbonyl (C=O) groups is 1. The van der Waals surface area contributed by atoms with Gasteiger partial charge in [-0.25, -0.2) is 0 Å². The predicted molar refractivity (Wildman–Crippen MR) is 55.3 cm³/mol. The highest BCUT2D eigenvalue weighted by Gasteiger charge is 2.27. The zero-order chi connectivity index (χ0) is 9.97. The van der Waals surface area contributed by atoms with Crippen LogP contribution in [-0.4, -0.2) is 29.1 Å². The normalized spacial score (nSPS) is 22.7. The molecule has 1 aliphatic heterocycles. The van der Waals surface area contributed by atoms with Gasteiger partial charge in [0.25, 0.3) is 0 Å². The third kappa shape index (κ3) is 2.13. The van der Waals surface area contributed by atoms with Gasteiger partial charge in [-0.1, -0.05) is 0 Å². The lowest BCUT2D eigenvalue weighted by Crippen LogP contribution is -2.22. The van der Waals surface area contributed by atoms with E-state index in [4.69, 9.17) is 5.11 Å². The standard InChI is InChI=1S/C10H13NO2S/c12-10(13)9-1-3-11(6-9)5-8-2-4-14-7-8/h2,4,7,9H,1,3,5-6H2,(H,12,13). The van der Waals surface area contributed by atoms with Crippen molar-refractivity contribution in [3.05, 3.63) is 22.4 Å². The summed E-state index contributed by atoms with van der Waals surface area (Å²) in [5.41, 5.74) is 1.29. The van der Waals surface area contributed by atoms with E-state index in [-0.39, 0.29) is 5.92 Å². The summed E-state index contributed by atoms with van der Waals surface area (Å²) in [5, 5.41) is 13.0. The molecular weight excluding hydrogens is 198 g/mol. The van der Waals surface area contributed by atoms with E-state index in [9.17, 15) is 4.79 Å². The van der Waals surface area contributed by atoms with Crippen LogP contribution in [0.3, 0.4) is 0 Å². The van der Waals surface area contributed by atoms with E-state index < -0.39 is 5.97 Å². The second-order valence-corrected chi connectivity index (χ2v) is 4.47. The summed E-state index contributed by atoms with van der Waals surface area (Å²) >= 11 is 1.69. The van der Waals surface area contributed by atoms with Gasteiger partial charge in [-0.05, 0) is 35.4 Å². The van der Waals surface area contributed by atoms with Crippen LogP contribution in [0.4, 0.5) is 0 Å². The van der Waals surface area contributed by atoms with Crippen LogP contribution < -0.4 is 0 Å². The molecule has 1 saturated heterocycles. The third-order valence-corrected chi connectivity index (χ3v) is 3.34. The molecule has 1 aliphatic rings. The minimum absolute atomic E-state index is 0.159. The highest BCUT2D eigenvalue weighted by Crippen LogP contribution is 2.19. The van der Waals surface area contributed by atoms with E-state index >= 15 is 0 Å². The largest absolute Gasteiger partial charge is 0.481 e. The van der Waals surface area contributed by atoms with Gasteiger partial charge in [-0.15, -0.1) is 0 Å². The molecule has 2 rings (SSSR count). The second-order valence-electron chi connectivity index (χ2n) is 3.69. The number of aliphatic carboxylic acids is 1. The number of hydrogen-bond donors (Lipinski definition) is 1. The number of likely N-dealkylation sites (tertiary alicyclic amines) is 1. The van der Waals surface area contributed by atoms with Crippen LogP contribution in [0.5, 0.6) is 0 Å². The molecule has 2 heterocycles. The molecule has 3 nitrogen and oxygen atoms in total. The molecule has 0 radical (unpaired) electrons. The van der Waals surface area contributed by atoms with Crippen LogP contribution in [0.25, 0.3) is 0 Å². The minimum Gasteiger partial charge on any atom is -0.481 e. The predicted octanol–water partition coefficient (Wildman–Crippen LogP) is 1.65. The first kappa shape index (κ1) is 9.68. The highest BCUT2D eigenvalue weighted by molar-refractivity contribution is 7.07. The summed E-state index contributed by atoms with van der Waals surface area (Å²) in [5.74, 6) is -0.813. The molecule has 1 N–H and O–H groups in total. The molecule has 0 aromatic carbocycles. The summed E-state index contributed by atoms with van der Waals surface area (Å²) in [6.45, 7) is 2.51. The number of thiophene rings is 1. The van der Waals surface area contributed by atoms with Crippen molar-refractivity contribution >= 4 is 17.3 Å². The topological polar surface area (TPSA) is 40.5 Å². The average Bonchev–Trinajstić information content (AvgIpc) is 2.75. The average molecular weight is 211 g/mol. The molecule has 4 heteroatoms. The van der Waals surface area contributed by atoms with E-state index in [0.717, 1.165) is 19.5 Å². The van der Waals surface area contributed by atoms with Crippen molar-refractivity contribution in [2.75, 3.05) is 13.1 Å². The minimum atomic E-state index is -0.655. The van der Waals surface area contributed by atoms with Gasteiger partial charge in [0.15, 0.2) is 0 Å². The molecule has 0 amide bonds. The molecular formula is C10H13NO2S. The van der Waals surface area contributed by atoms with Crippen LogP contribution in [0.15, 0.2) is 16.8 Å². The molecule has 1 unspecified atom stereocenters. The molecule has 1 aromatic heterocycles. The van der Waals surface area contributed by atoms with E-state index in [1.165, 1.54) is 5.56 Å². The van der Waals surface area contributed by atoms with E-state index in [0.29, 0.717) is 6.54 Å². The lowest BCUT2D eigenvalue weighted by Gasteiger charge is -2.13. The molecule has 0 aliphatic carbocycles. The monoisotopic (exact) mass is 211 g/mol. The van der Waals surface area contributed by atoms with Gasteiger partial charge >= 0.3 is 5.97 Å². The maximum Gasteiger partial charge on any atom is 0.307 e. The molecule has 14 heavy (non-hydrogen) atoms. The fourth-order valence-corrected chi connectivity index (χ4v) is 2.48. The van der Waals surface area contributed by atoms with Crippen LogP contribution in [0, 0.1) is 5.92 Å². The van der Waals surface area contributed by atoms with Crippen LogP contribution in [-0.2, 0) is 11.3 Å². The lowest BCUT2D eigenvalue weighted by atomic mass is 10.1. The fraction of sp³-hybridized carbons (Fsp3) is 0.500. The number of rotatable bonds is 3. The quantitative estimate of drug-likeness (QED) is 0.826. The van der Waals surface area contributed by atoms with Gasteiger partial charge < -0.3 is 5.11 Å². The van der Waals surface area contributed by atoms with Crippen molar-refractivity contribution in [1.82, 2.24) is 4.90 Å². The Bertz CT molecular complexity index is 310. The zero-order valence-electron chi connectivity index (χ0n) is 7.85. The summed E-state index contributed by atoms with van der Waals surface area (Å²) < 4.78 is 0. The molecule has 0 spiro atoms. The maximum atomic E-state index is 10.7. The first-order valence-corrected chi connectivity index (χ1v) is 5.66. The lowest BCUT2D eigenvalue weighted by molar-refractivity contribution is -0.141. The Morgan fingerprint density at radius 3 is 3.14 bits per heavy atom. The van der Waals surface area contributed by atoms with Crippen molar-refractivity contribution in [2.45, 2.75) is 13.0 Å². The Hall–Kier alpha value is -0.870. The SMILES string of the molecule is O=C(O)C1CCN(Cc2ccsc2)C1. The van der Waals surface area contributed by atoms with Crippen molar-refractivity contribution in [3.8, 4) is 0 Å². The van der Waals surface area contributed by atoms with Gasteiger partial charge in [0.05, 0.1) is 5.92 Å². The van der Waals surface area contributed by atoms with Crippen LogP contribution in [0.1, 0.15) is 12.0 Å². The van der Waals surface area contributed by atoms with Gasteiger partial charge in [-0.3, -0.25) is 9.69 Å². The molecule has 1 fully saturated rings. The molecule has 0 bridgehead atoms. The van der Waals surface area contributed by atoms with Gasteiger partial charge in [-0.2, -0.15) is 11.3 Å². The van der Waals surface area contributed by atoms with Crippen molar-refractivity contribution < 1.29 is 9.90 Å². The fourth-order valence-electron chi connectivity index (χ4n) is 1.82. The van der Waals surface area contributed by atoms with Crippen LogP contribution >= 0.6 is 11.3 Å². The first-order valence-electron chi connectivity index (χ1n) is 4.72. The van der Waals surface area contributed by atoms with Crippen LogP contribution in [0.2, 0.25) is 0 Å². The summed E-state index contributed by atoms with van der Waals surface area (Å²) in [6, 6.07) is 2.10. The Labute approximate surface area is 87.0 Å². The second kappa shape index (κ2) is 4.11. The van der Waals surface area contributed by atoms with Gasteiger partial charge in [0, 0.05) is 13.1 Å². The molecule has 1 atom stereocenters. The van der Waals surface area contributed by atoms with E-state index in [1.54, 1.807) is 11.3 Å². The Morgan fingerprint density at radius 1 is 1.71 bits per heavy atom. The van der Waals surface area contributed by atoms with Crippen molar-refractivity contribution in [3.63, 3.8) is 0 Å². The Kier molecular flexibility index (Phi) is 2.84. The summed E-state index contributed by atoms with van der Waals surface area (Å²) in [4.78, 5) is 12.9. The number of carboxylic acids is 1. The maximum absolute atomic E-state index is 10.7. The molecule has 1 aromatic rings. The van der Waals surface area contributed by atoms with Crippen molar-refractivity contribution in [2.24, 2.45) is 5.92 Å². The summed E-state index contributed by atoms with van der Waals surface area (Å²) in [6.07, 6.45) is 0.791. The Balaban J connectivity index is 1.87. The number of hydrogen-bond acceptors (Lipinski definition) is 3. The number of nitrogens with zero attached hydrogens (tertiary/aromatic N) is 1. The molecule has 0 saturated carbocycles. The van der Waals surface area contributed by atoms with Crippen molar-refractivity contribution in [1.29, 1.82) is 0 Å². The number of carboxylic acid groups (broad SMARTS) is 1. The van der Waals surface area contributed by atoms with E-state index in [2.05, 4.69) is 21.7 Å². The molecule has 76 valence electrons. The third-order valence-electron chi connectivity index (χ3n) is 2.61. The van der Waals surface area contributed by atoms with Gasteiger partial charge in [0.2, 0.25) is 0 Å². The smallest absolute Gasteiger partial charge is 0.307 e. The van der Waals surface area contributed by atoms with Gasteiger partial charge in [0.1, 0.15) is 0 Å². The first-order chi connectivity index (χ1) is 6.75. The highest BCUT2D eigenvalue weighted by atomic mass is 32.1. The summed E-state index contributed by atoms with van der Waals surface area (Å²) in [7, 11) is 0. The Morgan fingerprint density at radius 2 is 2.57 bits per heavy atom. The zero-order valence-corrected chi connectivity index (χ0v) is 8.67.